The van der Waals surface area contributed by atoms with Gasteiger partial charge >= 0.3 is 0 Å². The number of halogens is 1. The summed E-state index contributed by atoms with van der Waals surface area (Å²) in [5.74, 6) is 0.627. The molecule has 2 heterocycles. The summed E-state index contributed by atoms with van der Waals surface area (Å²) in [6.07, 6.45) is 0.902. The van der Waals surface area contributed by atoms with Gasteiger partial charge in [-0.05, 0) is 39.3 Å². The SMILES string of the molecule is CCCNC(=O)C(C)n1c(C(C)Cl)nc2ccc(C)nc21. The fourth-order valence-corrected chi connectivity index (χ4v) is 2.42. The normalized spacial score (nSPS) is 14.1. The van der Waals surface area contributed by atoms with E-state index in [0.29, 0.717) is 18.0 Å². The van der Waals surface area contributed by atoms with Crippen LogP contribution in [0, 0.1) is 6.92 Å². The number of fused-ring (bicyclic) bond motifs is 1. The average Bonchev–Trinajstić information content (AvgIpc) is 2.82. The summed E-state index contributed by atoms with van der Waals surface area (Å²) in [5, 5.41) is 2.62. The number of nitrogens with zero attached hydrogens (tertiary/aromatic N) is 3. The lowest BCUT2D eigenvalue weighted by Gasteiger charge is -2.17. The highest BCUT2D eigenvalue weighted by Gasteiger charge is 2.24. The van der Waals surface area contributed by atoms with Crippen LogP contribution in [0.15, 0.2) is 12.1 Å². The van der Waals surface area contributed by atoms with Crippen LogP contribution in [0.1, 0.15) is 50.1 Å². The summed E-state index contributed by atoms with van der Waals surface area (Å²) in [7, 11) is 0. The van der Waals surface area contributed by atoms with Crippen LogP contribution in [0.5, 0.6) is 0 Å². The maximum atomic E-state index is 12.3. The number of aryl methyl sites for hydroxylation is 1. The van der Waals surface area contributed by atoms with E-state index in [4.69, 9.17) is 11.6 Å². The van der Waals surface area contributed by atoms with Gasteiger partial charge in [-0.15, -0.1) is 11.6 Å². The van der Waals surface area contributed by atoms with Crippen LogP contribution in [0.3, 0.4) is 0 Å². The smallest absolute Gasteiger partial charge is 0.242 e. The molecule has 114 valence electrons. The molecular formula is C15H21ClN4O. The Morgan fingerprint density at radius 1 is 1.38 bits per heavy atom. The number of hydrogen-bond acceptors (Lipinski definition) is 3. The fraction of sp³-hybridized carbons (Fsp3) is 0.533. The van der Waals surface area contributed by atoms with Crippen LogP contribution in [0.25, 0.3) is 11.2 Å². The molecule has 21 heavy (non-hydrogen) atoms. The Labute approximate surface area is 129 Å². The van der Waals surface area contributed by atoms with Crippen LogP contribution in [0.2, 0.25) is 0 Å². The van der Waals surface area contributed by atoms with Crippen molar-refractivity contribution in [2.24, 2.45) is 0 Å². The number of hydrogen-bond donors (Lipinski definition) is 1. The molecule has 0 aliphatic carbocycles. The van der Waals surface area contributed by atoms with E-state index in [9.17, 15) is 4.79 Å². The minimum Gasteiger partial charge on any atom is -0.354 e. The third kappa shape index (κ3) is 3.18. The number of rotatable bonds is 5. The summed E-state index contributed by atoms with van der Waals surface area (Å²) >= 11 is 6.23. The molecule has 0 fully saturated rings. The van der Waals surface area contributed by atoms with Crippen molar-refractivity contribution in [1.29, 1.82) is 0 Å². The van der Waals surface area contributed by atoms with Gasteiger partial charge in [0, 0.05) is 12.2 Å². The minimum atomic E-state index is -0.396. The maximum absolute atomic E-state index is 12.3. The van der Waals surface area contributed by atoms with E-state index in [1.54, 1.807) is 0 Å². The zero-order chi connectivity index (χ0) is 15.6. The van der Waals surface area contributed by atoms with Gasteiger partial charge in [0.25, 0.3) is 0 Å². The molecule has 0 saturated carbocycles. The highest BCUT2D eigenvalue weighted by Crippen LogP contribution is 2.27. The third-order valence-corrected chi connectivity index (χ3v) is 3.57. The van der Waals surface area contributed by atoms with Gasteiger partial charge in [-0.3, -0.25) is 9.36 Å². The Bertz CT molecular complexity index is 650. The molecule has 1 N–H and O–H groups in total. The van der Waals surface area contributed by atoms with Gasteiger partial charge in [0.1, 0.15) is 17.4 Å². The Hall–Kier alpha value is -1.62. The van der Waals surface area contributed by atoms with E-state index in [-0.39, 0.29) is 11.3 Å². The number of alkyl halides is 1. The van der Waals surface area contributed by atoms with Crippen LogP contribution in [-0.4, -0.2) is 27.0 Å². The number of imidazole rings is 1. The van der Waals surface area contributed by atoms with Gasteiger partial charge in [-0.1, -0.05) is 6.92 Å². The fourth-order valence-electron chi connectivity index (χ4n) is 2.26. The van der Waals surface area contributed by atoms with Crippen molar-refractivity contribution in [2.75, 3.05) is 6.54 Å². The molecule has 2 aromatic heterocycles. The van der Waals surface area contributed by atoms with Crippen molar-refractivity contribution in [1.82, 2.24) is 19.9 Å². The molecule has 5 nitrogen and oxygen atoms in total. The Morgan fingerprint density at radius 3 is 2.71 bits per heavy atom. The van der Waals surface area contributed by atoms with E-state index in [1.165, 1.54) is 0 Å². The summed E-state index contributed by atoms with van der Waals surface area (Å²) < 4.78 is 1.84. The van der Waals surface area contributed by atoms with Crippen molar-refractivity contribution < 1.29 is 4.79 Å². The second-order valence-electron chi connectivity index (χ2n) is 5.22. The van der Waals surface area contributed by atoms with Gasteiger partial charge in [-0.2, -0.15) is 0 Å². The molecule has 0 aliphatic heterocycles. The number of carbonyl (C=O) groups is 1. The van der Waals surface area contributed by atoms with Crippen molar-refractivity contribution in [3.8, 4) is 0 Å². The van der Waals surface area contributed by atoms with Gasteiger partial charge in [0.15, 0.2) is 5.65 Å². The van der Waals surface area contributed by atoms with E-state index < -0.39 is 6.04 Å². The molecule has 2 unspecified atom stereocenters. The van der Waals surface area contributed by atoms with E-state index in [2.05, 4.69) is 15.3 Å². The molecule has 2 rings (SSSR count). The molecule has 0 bridgehead atoms. The molecule has 0 radical (unpaired) electrons. The molecule has 1 amide bonds. The van der Waals surface area contributed by atoms with Crippen LogP contribution < -0.4 is 5.32 Å². The number of aromatic nitrogens is 3. The van der Waals surface area contributed by atoms with E-state index in [0.717, 1.165) is 17.6 Å². The lowest BCUT2D eigenvalue weighted by atomic mass is 10.2. The number of amides is 1. The minimum absolute atomic E-state index is 0.0435. The first kappa shape index (κ1) is 15.8. The topological polar surface area (TPSA) is 59.8 Å². The Balaban J connectivity index is 2.51. The first-order chi connectivity index (χ1) is 9.95. The predicted molar refractivity (Wildman–Crippen MR) is 84.5 cm³/mol. The van der Waals surface area contributed by atoms with E-state index >= 15 is 0 Å². The summed E-state index contributed by atoms with van der Waals surface area (Å²) in [6, 6.07) is 3.42. The maximum Gasteiger partial charge on any atom is 0.242 e. The standard InChI is InChI=1S/C15H21ClN4O/c1-5-8-17-15(21)11(4)20-13(10(3)16)19-12-7-6-9(2)18-14(12)20/h6-7,10-11H,5,8H2,1-4H3,(H,17,21). The first-order valence-electron chi connectivity index (χ1n) is 7.23. The second kappa shape index (κ2) is 6.43. The van der Waals surface area contributed by atoms with Crippen LogP contribution >= 0.6 is 11.6 Å². The summed E-state index contributed by atoms with van der Waals surface area (Å²) in [5.41, 5.74) is 2.36. The monoisotopic (exact) mass is 308 g/mol. The molecule has 0 aromatic carbocycles. The van der Waals surface area contributed by atoms with Crippen LogP contribution in [-0.2, 0) is 4.79 Å². The quantitative estimate of drug-likeness (QED) is 0.863. The van der Waals surface area contributed by atoms with Crippen molar-refractivity contribution in [3.05, 3.63) is 23.7 Å². The summed E-state index contributed by atoms with van der Waals surface area (Å²) in [4.78, 5) is 21.3. The Kier molecular flexibility index (Phi) is 4.83. The van der Waals surface area contributed by atoms with Gasteiger partial charge in [-0.25, -0.2) is 9.97 Å². The first-order valence-corrected chi connectivity index (χ1v) is 7.66. The molecule has 0 spiro atoms. The number of carbonyl (C=O) groups excluding carboxylic acids is 1. The zero-order valence-corrected chi connectivity index (χ0v) is 13.6. The Morgan fingerprint density at radius 2 is 2.10 bits per heavy atom. The molecule has 0 saturated heterocycles. The highest BCUT2D eigenvalue weighted by molar-refractivity contribution is 6.20. The van der Waals surface area contributed by atoms with Gasteiger partial charge in [0.05, 0.1) is 5.38 Å². The van der Waals surface area contributed by atoms with Gasteiger partial charge < -0.3 is 5.32 Å². The van der Waals surface area contributed by atoms with Crippen molar-refractivity contribution >= 4 is 28.7 Å². The van der Waals surface area contributed by atoms with Crippen molar-refractivity contribution in [2.45, 2.75) is 45.5 Å². The molecule has 2 atom stereocenters. The number of nitrogens with one attached hydrogen (secondary N) is 1. The molecule has 6 heteroatoms. The highest BCUT2D eigenvalue weighted by atomic mass is 35.5. The molecular weight excluding hydrogens is 288 g/mol. The largest absolute Gasteiger partial charge is 0.354 e. The van der Waals surface area contributed by atoms with Gasteiger partial charge in [0.2, 0.25) is 5.91 Å². The van der Waals surface area contributed by atoms with E-state index in [1.807, 2.05) is 44.4 Å². The lowest BCUT2D eigenvalue weighted by Crippen LogP contribution is -2.32. The molecule has 2 aromatic rings. The van der Waals surface area contributed by atoms with Crippen LogP contribution in [0.4, 0.5) is 0 Å². The average molecular weight is 309 g/mol. The van der Waals surface area contributed by atoms with Crippen molar-refractivity contribution in [3.63, 3.8) is 0 Å². The summed E-state index contributed by atoms with van der Waals surface area (Å²) in [6.45, 7) is 8.30. The predicted octanol–water partition coefficient (Wildman–Crippen LogP) is 3.13. The zero-order valence-electron chi connectivity index (χ0n) is 12.9. The second-order valence-corrected chi connectivity index (χ2v) is 5.87. The third-order valence-electron chi connectivity index (χ3n) is 3.38. The molecule has 0 aliphatic rings. The lowest BCUT2D eigenvalue weighted by molar-refractivity contribution is -0.123. The number of pyridine rings is 1.